The Kier molecular flexibility index (Phi) is 9.19. The van der Waals surface area contributed by atoms with Crippen molar-refractivity contribution in [2.75, 3.05) is 0 Å². The van der Waals surface area contributed by atoms with Gasteiger partial charge in [-0.1, -0.05) is 77.3 Å². The molecule has 0 radical (unpaired) electrons. The molecule has 1 aliphatic rings. The highest BCUT2D eigenvalue weighted by atomic mass is 16.5. The molecule has 7 rings (SSSR count). The average Bonchev–Trinajstić information content (AvgIpc) is 3.60. The number of fused-ring (bicyclic) bond motifs is 3. The summed E-state index contributed by atoms with van der Waals surface area (Å²) in [5.74, 6) is 3.99. The number of pyridine rings is 1. The summed E-state index contributed by atoms with van der Waals surface area (Å²) in [6.07, 6.45) is 11.3. The largest absolute Gasteiger partial charge is 0.457 e. The van der Waals surface area contributed by atoms with Crippen molar-refractivity contribution < 1.29 is 4.74 Å². The Morgan fingerprint density at radius 2 is 1.69 bits per heavy atom. The minimum Gasteiger partial charge on any atom is -0.457 e. The molecule has 0 saturated heterocycles. The van der Waals surface area contributed by atoms with Gasteiger partial charge in [-0.05, 0) is 105 Å². The topological polar surface area (TPSA) is 44.9 Å². The van der Waals surface area contributed by atoms with E-state index in [9.17, 15) is 0 Å². The molecule has 0 saturated carbocycles. The van der Waals surface area contributed by atoms with Gasteiger partial charge in [-0.15, -0.1) is 0 Å². The summed E-state index contributed by atoms with van der Waals surface area (Å²) < 4.78 is 11.2. The van der Waals surface area contributed by atoms with Crippen molar-refractivity contribution in [3.8, 4) is 23.0 Å². The van der Waals surface area contributed by atoms with Crippen LogP contribution in [0.25, 0.3) is 33.3 Å². The quantitative estimate of drug-likeness (QED) is 0.139. The molecule has 6 aromatic rings. The lowest BCUT2D eigenvalue weighted by Crippen LogP contribution is -2.19. The molecule has 0 N–H and O–H groups in total. The summed E-state index contributed by atoms with van der Waals surface area (Å²) in [5, 5.41) is 7.59. The average molecular weight is 651 g/mol. The Balaban J connectivity index is 1.31. The maximum Gasteiger partial charge on any atom is 0.137 e. The van der Waals surface area contributed by atoms with Crippen LogP contribution in [0.4, 0.5) is 0 Å². The molecule has 5 nitrogen and oxygen atoms in total. The molecule has 252 valence electrons. The number of allylic oxidation sites excluding steroid dienone is 2. The van der Waals surface area contributed by atoms with Crippen LogP contribution in [0, 0.1) is 19.8 Å². The number of aromatic nitrogens is 4. The van der Waals surface area contributed by atoms with Crippen LogP contribution < -0.4 is 4.74 Å². The Bertz CT molecular complexity index is 2160. The Morgan fingerprint density at radius 1 is 0.878 bits per heavy atom. The van der Waals surface area contributed by atoms with Crippen LogP contribution >= 0.6 is 0 Å². The first-order valence-corrected chi connectivity index (χ1v) is 18.4. The van der Waals surface area contributed by atoms with Crippen molar-refractivity contribution in [1.82, 2.24) is 19.3 Å². The number of rotatable bonds is 10. The molecule has 0 bridgehead atoms. The lowest BCUT2D eigenvalue weighted by Gasteiger charge is -2.32. The molecule has 0 aliphatic heterocycles. The van der Waals surface area contributed by atoms with Crippen LogP contribution in [0.3, 0.4) is 0 Å². The van der Waals surface area contributed by atoms with Gasteiger partial charge in [0.1, 0.15) is 17.3 Å². The van der Waals surface area contributed by atoms with Gasteiger partial charge in [-0.3, -0.25) is 4.57 Å². The van der Waals surface area contributed by atoms with Crippen molar-refractivity contribution >= 4 is 21.8 Å². The SMILES string of the molecule is CCCc1ccnc(-n2c3ccccc3c3ccc(Oc4cc(C(C)C)cc(-n5nc(C)c(C6C(CC)=CCC[C@@H]6CC)c5C)c4)cc32)c1. The van der Waals surface area contributed by atoms with Gasteiger partial charge in [0.25, 0.3) is 0 Å². The van der Waals surface area contributed by atoms with Gasteiger partial charge in [-0.2, -0.15) is 5.10 Å². The highest BCUT2D eigenvalue weighted by Crippen LogP contribution is 2.45. The molecule has 5 heteroatoms. The molecule has 1 aliphatic carbocycles. The number of aryl methyl sites for hydroxylation is 2. The molecule has 0 fully saturated rings. The number of hydrogen-bond acceptors (Lipinski definition) is 3. The lowest BCUT2D eigenvalue weighted by molar-refractivity contribution is 0.393. The van der Waals surface area contributed by atoms with Crippen LogP contribution in [-0.4, -0.2) is 19.3 Å². The minimum absolute atomic E-state index is 0.336. The Morgan fingerprint density at radius 3 is 2.47 bits per heavy atom. The van der Waals surface area contributed by atoms with Gasteiger partial charge >= 0.3 is 0 Å². The van der Waals surface area contributed by atoms with Crippen LogP contribution in [0.2, 0.25) is 0 Å². The zero-order chi connectivity index (χ0) is 34.2. The molecule has 49 heavy (non-hydrogen) atoms. The van der Waals surface area contributed by atoms with E-state index in [1.807, 2.05) is 6.20 Å². The summed E-state index contributed by atoms with van der Waals surface area (Å²) in [6, 6.07) is 26.0. The van der Waals surface area contributed by atoms with Gasteiger partial charge in [0, 0.05) is 46.3 Å². The normalized spacial score (nSPS) is 16.5. The third-order valence-electron chi connectivity index (χ3n) is 10.7. The molecule has 0 amide bonds. The molecule has 3 aromatic carbocycles. The van der Waals surface area contributed by atoms with Crippen molar-refractivity contribution in [3.05, 3.63) is 119 Å². The van der Waals surface area contributed by atoms with E-state index in [2.05, 4.69) is 137 Å². The molecule has 1 unspecified atom stereocenters. The highest BCUT2D eigenvalue weighted by molar-refractivity contribution is 6.09. The maximum absolute atomic E-state index is 6.77. The Labute approximate surface area is 291 Å². The summed E-state index contributed by atoms with van der Waals surface area (Å²) in [4.78, 5) is 4.83. The van der Waals surface area contributed by atoms with Gasteiger partial charge in [-0.25, -0.2) is 9.67 Å². The fraction of sp³-hybridized carbons (Fsp3) is 0.364. The van der Waals surface area contributed by atoms with E-state index in [1.54, 1.807) is 5.57 Å². The Hall–Kier alpha value is -4.64. The fourth-order valence-electron chi connectivity index (χ4n) is 8.20. The first kappa shape index (κ1) is 32.9. The predicted molar refractivity (Wildman–Crippen MR) is 204 cm³/mol. The van der Waals surface area contributed by atoms with Gasteiger partial charge < -0.3 is 4.74 Å². The van der Waals surface area contributed by atoms with Crippen molar-refractivity contribution in [2.24, 2.45) is 5.92 Å². The van der Waals surface area contributed by atoms with Crippen LogP contribution in [0.5, 0.6) is 11.5 Å². The zero-order valence-corrected chi connectivity index (χ0v) is 30.3. The van der Waals surface area contributed by atoms with Crippen molar-refractivity contribution in [1.29, 1.82) is 0 Å². The standard InChI is InChI=1S/C44H50N4O/c1-8-14-31-21-22-45-42(23-31)47-40-18-12-11-17-38(40)39-20-19-36(27-41(39)47)49-37-25-34(28(4)5)24-35(26-37)48-30(7)43(29(6)46-48)44-32(9-2)15-13-16-33(44)10-3/h11-12,15,17-28,33,44H,8-10,13-14,16H2,1-7H3/t33-,44?/m0/s1. The molecular formula is C44H50N4O. The van der Waals surface area contributed by atoms with E-state index in [-0.39, 0.29) is 0 Å². The van der Waals surface area contributed by atoms with E-state index in [0.29, 0.717) is 17.8 Å². The van der Waals surface area contributed by atoms with E-state index in [1.165, 1.54) is 52.4 Å². The lowest BCUT2D eigenvalue weighted by atomic mass is 9.72. The van der Waals surface area contributed by atoms with E-state index in [0.717, 1.165) is 59.0 Å². The second-order valence-corrected chi connectivity index (χ2v) is 14.2. The predicted octanol–water partition coefficient (Wildman–Crippen LogP) is 12.1. The summed E-state index contributed by atoms with van der Waals surface area (Å²) in [6.45, 7) is 15.8. The molecule has 0 spiro atoms. The summed E-state index contributed by atoms with van der Waals surface area (Å²) in [5.41, 5.74) is 11.2. The fourth-order valence-corrected chi connectivity index (χ4v) is 8.20. The van der Waals surface area contributed by atoms with Crippen LogP contribution in [-0.2, 0) is 6.42 Å². The summed E-state index contributed by atoms with van der Waals surface area (Å²) >= 11 is 0. The van der Waals surface area contributed by atoms with Crippen LogP contribution in [0.1, 0.15) is 107 Å². The molecule has 3 heterocycles. The number of hydrogen-bond donors (Lipinski definition) is 0. The second-order valence-electron chi connectivity index (χ2n) is 14.2. The van der Waals surface area contributed by atoms with E-state index in [4.69, 9.17) is 14.8 Å². The van der Waals surface area contributed by atoms with Gasteiger partial charge in [0.15, 0.2) is 0 Å². The number of para-hydroxylation sites is 1. The molecule has 2 atom stereocenters. The van der Waals surface area contributed by atoms with Gasteiger partial charge in [0.05, 0.1) is 22.4 Å². The smallest absolute Gasteiger partial charge is 0.137 e. The number of nitrogens with zero attached hydrogens (tertiary/aromatic N) is 4. The monoisotopic (exact) mass is 650 g/mol. The van der Waals surface area contributed by atoms with E-state index < -0.39 is 0 Å². The zero-order valence-electron chi connectivity index (χ0n) is 30.3. The summed E-state index contributed by atoms with van der Waals surface area (Å²) in [7, 11) is 0. The van der Waals surface area contributed by atoms with E-state index >= 15 is 0 Å². The highest BCUT2D eigenvalue weighted by Gasteiger charge is 2.32. The maximum atomic E-state index is 6.77. The first-order chi connectivity index (χ1) is 23.8. The molecular weight excluding hydrogens is 601 g/mol. The second kappa shape index (κ2) is 13.7. The third kappa shape index (κ3) is 6.09. The number of benzene rings is 3. The minimum atomic E-state index is 0.336. The molecule has 3 aromatic heterocycles. The van der Waals surface area contributed by atoms with Crippen molar-refractivity contribution in [2.45, 2.75) is 98.8 Å². The first-order valence-electron chi connectivity index (χ1n) is 18.4. The third-order valence-corrected chi connectivity index (χ3v) is 10.7. The van der Waals surface area contributed by atoms with Crippen LogP contribution in [0.15, 0.2) is 90.6 Å². The van der Waals surface area contributed by atoms with Gasteiger partial charge in [0.2, 0.25) is 0 Å². The van der Waals surface area contributed by atoms with Crippen molar-refractivity contribution in [3.63, 3.8) is 0 Å². The number of ether oxygens (including phenoxy) is 1.